The third kappa shape index (κ3) is 9.34. The van der Waals surface area contributed by atoms with E-state index in [2.05, 4.69) is 5.43 Å². The van der Waals surface area contributed by atoms with Gasteiger partial charge in [-0.2, -0.15) is 9.31 Å². The van der Waals surface area contributed by atoms with Gasteiger partial charge in [0.2, 0.25) is 0 Å². The summed E-state index contributed by atoms with van der Waals surface area (Å²) < 4.78 is 43.8. The smallest absolute Gasteiger partial charge is 0.434 e. The number of sulfonamides is 1. The van der Waals surface area contributed by atoms with Crippen molar-refractivity contribution in [2.45, 2.75) is 83.3 Å². The standard InChI is InChI=1S/C23H38N4O8S2/c1-21(2,3)33-18(28)24-27(20(30)35-23(7,8)9)16-10-11-17(36-16)37(31,32)26-14-12-25(13-15-26)19(29)34-22(4,5)6/h10-11H,12-15H2,1-9H3,(H,24,28). The van der Waals surface area contributed by atoms with Crippen molar-refractivity contribution in [1.29, 1.82) is 0 Å². The Hall–Kier alpha value is -2.58. The van der Waals surface area contributed by atoms with Crippen LogP contribution in [0.25, 0.3) is 0 Å². The Balaban J connectivity index is 2.20. The van der Waals surface area contributed by atoms with Crippen LogP contribution in [0.3, 0.4) is 0 Å². The van der Waals surface area contributed by atoms with Crippen molar-refractivity contribution in [3.63, 3.8) is 0 Å². The number of rotatable bonds is 3. The van der Waals surface area contributed by atoms with E-state index in [1.807, 2.05) is 0 Å². The van der Waals surface area contributed by atoms with E-state index in [9.17, 15) is 22.8 Å². The third-order valence-corrected chi connectivity index (χ3v) is 7.89. The summed E-state index contributed by atoms with van der Waals surface area (Å²) in [5.41, 5.74) is -0.0113. The number of piperazine rings is 1. The lowest BCUT2D eigenvalue weighted by Gasteiger charge is -2.34. The second-order valence-corrected chi connectivity index (χ2v) is 14.6. The Morgan fingerprint density at radius 1 is 0.838 bits per heavy atom. The topological polar surface area (TPSA) is 135 Å². The Bertz CT molecular complexity index is 1090. The van der Waals surface area contributed by atoms with E-state index < -0.39 is 45.1 Å². The zero-order valence-corrected chi connectivity index (χ0v) is 24.5. The van der Waals surface area contributed by atoms with Gasteiger partial charge >= 0.3 is 18.3 Å². The summed E-state index contributed by atoms with van der Waals surface area (Å²) in [5.74, 6) is 0. The quantitative estimate of drug-likeness (QED) is 0.428. The van der Waals surface area contributed by atoms with Gasteiger partial charge in [-0.25, -0.2) is 28.2 Å². The van der Waals surface area contributed by atoms with Crippen LogP contribution >= 0.6 is 11.3 Å². The molecule has 0 aliphatic carbocycles. The molecule has 3 amide bonds. The van der Waals surface area contributed by atoms with Gasteiger partial charge in [-0.05, 0) is 74.4 Å². The molecule has 1 aliphatic rings. The minimum atomic E-state index is -3.93. The van der Waals surface area contributed by atoms with Gasteiger partial charge in [0.25, 0.3) is 10.0 Å². The van der Waals surface area contributed by atoms with Gasteiger partial charge < -0.3 is 19.1 Å². The minimum Gasteiger partial charge on any atom is -0.444 e. The van der Waals surface area contributed by atoms with E-state index in [0.717, 1.165) is 16.3 Å². The number of carbonyl (C=O) groups is 3. The SMILES string of the molecule is CC(C)(C)OC(=O)NN(C(=O)OC(C)(C)C)c1ccc(S(=O)(=O)N2CCN(C(=O)OC(C)(C)C)CC2)s1. The van der Waals surface area contributed by atoms with Crippen molar-refractivity contribution in [2.75, 3.05) is 31.2 Å². The summed E-state index contributed by atoms with van der Waals surface area (Å²) >= 11 is 0.791. The number of thiophene rings is 1. The van der Waals surface area contributed by atoms with E-state index in [-0.39, 0.29) is 35.4 Å². The normalized spacial score (nSPS) is 15.6. The van der Waals surface area contributed by atoms with Gasteiger partial charge in [0.15, 0.2) is 0 Å². The molecule has 1 fully saturated rings. The predicted octanol–water partition coefficient (Wildman–Crippen LogP) is 4.17. The number of ether oxygens (including phenoxy) is 3. The molecule has 0 atom stereocenters. The van der Waals surface area contributed by atoms with Crippen molar-refractivity contribution < 1.29 is 37.0 Å². The highest BCUT2D eigenvalue weighted by Gasteiger charge is 2.34. The van der Waals surface area contributed by atoms with Crippen LogP contribution in [-0.4, -0.2) is 78.9 Å². The Morgan fingerprint density at radius 3 is 1.84 bits per heavy atom. The second-order valence-electron chi connectivity index (χ2n) is 11.4. The maximum Gasteiger partial charge on any atom is 0.434 e. The van der Waals surface area contributed by atoms with Crippen LogP contribution in [0.15, 0.2) is 16.3 Å². The number of amides is 3. The summed E-state index contributed by atoms with van der Waals surface area (Å²) in [5, 5.41) is 0.940. The number of carbonyl (C=O) groups excluding carboxylic acids is 3. The number of nitrogens with zero attached hydrogens (tertiary/aromatic N) is 3. The molecule has 1 saturated heterocycles. The van der Waals surface area contributed by atoms with E-state index >= 15 is 0 Å². The molecule has 2 rings (SSSR count). The maximum absolute atomic E-state index is 13.3. The average molecular weight is 563 g/mol. The summed E-state index contributed by atoms with van der Waals surface area (Å²) in [6.07, 6.45) is -2.31. The van der Waals surface area contributed by atoms with Crippen molar-refractivity contribution in [2.24, 2.45) is 0 Å². The lowest BCUT2D eigenvalue weighted by Crippen LogP contribution is -2.51. The molecule has 12 nitrogen and oxygen atoms in total. The van der Waals surface area contributed by atoms with Crippen molar-refractivity contribution in [1.82, 2.24) is 14.6 Å². The van der Waals surface area contributed by atoms with Crippen LogP contribution in [-0.2, 0) is 24.2 Å². The van der Waals surface area contributed by atoms with Crippen molar-refractivity contribution in [3.8, 4) is 0 Å². The molecule has 0 unspecified atom stereocenters. The fraction of sp³-hybridized carbons (Fsp3) is 0.696. The first-order chi connectivity index (χ1) is 16.7. The van der Waals surface area contributed by atoms with Gasteiger partial charge in [-0.1, -0.05) is 0 Å². The largest absolute Gasteiger partial charge is 0.444 e. The zero-order chi connectivity index (χ0) is 28.4. The second kappa shape index (κ2) is 11.0. The first-order valence-corrected chi connectivity index (χ1v) is 14.0. The average Bonchev–Trinajstić information content (AvgIpc) is 3.19. The van der Waals surface area contributed by atoms with E-state index in [1.54, 1.807) is 62.3 Å². The molecular formula is C23H38N4O8S2. The molecule has 1 aromatic heterocycles. The van der Waals surface area contributed by atoms with Crippen molar-refractivity contribution >= 4 is 44.6 Å². The molecule has 0 aromatic carbocycles. The fourth-order valence-corrected chi connectivity index (χ4v) is 5.85. The lowest BCUT2D eigenvalue weighted by molar-refractivity contribution is 0.0192. The molecule has 0 saturated carbocycles. The Morgan fingerprint density at radius 2 is 1.35 bits per heavy atom. The van der Waals surface area contributed by atoms with E-state index in [4.69, 9.17) is 14.2 Å². The molecule has 0 bridgehead atoms. The summed E-state index contributed by atoms with van der Waals surface area (Å²) in [6.45, 7) is 15.8. The monoisotopic (exact) mass is 562 g/mol. The Kier molecular flexibility index (Phi) is 9.14. The first kappa shape index (κ1) is 30.6. The van der Waals surface area contributed by atoms with Crippen LogP contribution < -0.4 is 10.4 Å². The predicted molar refractivity (Wildman–Crippen MR) is 139 cm³/mol. The van der Waals surface area contributed by atoms with E-state index in [1.165, 1.54) is 21.3 Å². The van der Waals surface area contributed by atoms with Crippen LogP contribution in [0.2, 0.25) is 0 Å². The highest BCUT2D eigenvalue weighted by Crippen LogP contribution is 2.32. The first-order valence-electron chi connectivity index (χ1n) is 11.8. The number of nitrogens with one attached hydrogen (secondary N) is 1. The van der Waals surface area contributed by atoms with Crippen molar-refractivity contribution in [3.05, 3.63) is 12.1 Å². The Labute approximate surface area is 222 Å². The summed E-state index contributed by atoms with van der Waals surface area (Å²) in [4.78, 5) is 39.0. The van der Waals surface area contributed by atoms with Gasteiger partial charge in [-0.15, -0.1) is 11.3 Å². The van der Waals surface area contributed by atoms with Crippen LogP contribution in [0.4, 0.5) is 19.4 Å². The molecule has 37 heavy (non-hydrogen) atoms. The van der Waals surface area contributed by atoms with Crippen LogP contribution in [0.1, 0.15) is 62.3 Å². The number of anilines is 1. The molecule has 210 valence electrons. The highest BCUT2D eigenvalue weighted by molar-refractivity contribution is 7.91. The van der Waals surface area contributed by atoms with Gasteiger partial charge in [-0.3, -0.25) is 0 Å². The molecule has 14 heteroatoms. The number of hydrazine groups is 1. The molecule has 2 heterocycles. The zero-order valence-electron chi connectivity index (χ0n) is 22.9. The highest BCUT2D eigenvalue weighted by atomic mass is 32.2. The van der Waals surface area contributed by atoms with Crippen LogP contribution in [0, 0.1) is 0 Å². The molecule has 1 aromatic rings. The molecule has 0 radical (unpaired) electrons. The number of hydrogen-bond acceptors (Lipinski definition) is 9. The fourth-order valence-electron chi connectivity index (χ4n) is 3.02. The van der Waals surface area contributed by atoms with Crippen LogP contribution in [0.5, 0.6) is 0 Å². The van der Waals surface area contributed by atoms with Gasteiger partial charge in [0.05, 0.1) is 0 Å². The molecule has 1 aliphatic heterocycles. The lowest BCUT2D eigenvalue weighted by atomic mass is 10.2. The van der Waals surface area contributed by atoms with Gasteiger partial charge in [0.1, 0.15) is 26.0 Å². The summed E-state index contributed by atoms with van der Waals surface area (Å²) in [7, 11) is -3.93. The molecule has 0 spiro atoms. The maximum atomic E-state index is 13.3. The minimum absolute atomic E-state index is 0.0345. The third-order valence-electron chi connectivity index (χ3n) is 4.45. The van der Waals surface area contributed by atoms with E-state index in [0.29, 0.717) is 0 Å². The van der Waals surface area contributed by atoms with Gasteiger partial charge in [0, 0.05) is 26.2 Å². The summed E-state index contributed by atoms with van der Waals surface area (Å²) in [6, 6.07) is 2.75. The molecule has 1 N–H and O–H groups in total. The molecular weight excluding hydrogens is 524 g/mol. The number of hydrogen-bond donors (Lipinski definition) is 1.